The Hall–Kier alpha value is -0.0800. The van der Waals surface area contributed by atoms with E-state index in [4.69, 9.17) is 0 Å². The van der Waals surface area contributed by atoms with Crippen LogP contribution in [-0.4, -0.2) is 48.1 Å². The minimum absolute atomic E-state index is 0.891. The van der Waals surface area contributed by atoms with Gasteiger partial charge in [-0.1, -0.05) is 20.8 Å². The topological polar surface area (TPSA) is 6.48 Å². The molecule has 2 bridgehead atoms. The highest BCUT2D eigenvalue weighted by molar-refractivity contribution is 4.99. The van der Waals surface area contributed by atoms with Crippen molar-refractivity contribution in [3.05, 3.63) is 0 Å². The Morgan fingerprint density at radius 2 is 1.63 bits per heavy atom. The smallest absolute Gasteiger partial charge is 0.0116 e. The molecule has 0 spiro atoms. The van der Waals surface area contributed by atoms with Crippen LogP contribution in [0.15, 0.2) is 0 Å². The fourth-order valence-corrected chi connectivity index (χ4v) is 4.91. The average molecular weight is 264 g/mol. The normalized spacial score (nSPS) is 37.6. The molecule has 0 aromatic rings. The maximum Gasteiger partial charge on any atom is 0.0116 e. The standard InChI is InChI=1S/C17H32N2/c1-4-19-16-9-14(10-17(19)11-16)12-18-7-5-15(6-8-18)13(2)3/h13-17H,4-12H2,1-3H3. The summed E-state index contributed by atoms with van der Waals surface area (Å²) in [4.78, 5) is 5.51. The highest BCUT2D eigenvalue weighted by Crippen LogP contribution is 2.41. The summed E-state index contributed by atoms with van der Waals surface area (Å²) in [6.45, 7) is 12.5. The van der Waals surface area contributed by atoms with Crippen molar-refractivity contribution >= 4 is 0 Å². The van der Waals surface area contributed by atoms with Crippen LogP contribution in [0.1, 0.15) is 52.9 Å². The fourth-order valence-electron chi connectivity index (χ4n) is 4.91. The van der Waals surface area contributed by atoms with Crippen LogP contribution < -0.4 is 0 Å². The molecule has 4 aliphatic rings. The number of hydrogen-bond acceptors (Lipinski definition) is 2. The van der Waals surface area contributed by atoms with E-state index in [-0.39, 0.29) is 0 Å². The summed E-state index contributed by atoms with van der Waals surface area (Å²) in [7, 11) is 0. The van der Waals surface area contributed by atoms with Gasteiger partial charge in [0.2, 0.25) is 0 Å². The van der Waals surface area contributed by atoms with E-state index in [0.717, 1.165) is 29.8 Å². The Balaban J connectivity index is 1.42. The molecule has 0 radical (unpaired) electrons. The van der Waals surface area contributed by atoms with Gasteiger partial charge in [0, 0.05) is 18.6 Å². The van der Waals surface area contributed by atoms with Crippen LogP contribution in [0.25, 0.3) is 0 Å². The van der Waals surface area contributed by atoms with E-state index < -0.39 is 0 Å². The summed E-state index contributed by atoms with van der Waals surface area (Å²) in [6, 6.07) is 1.89. The summed E-state index contributed by atoms with van der Waals surface area (Å²) in [5, 5.41) is 0. The third-order valence-electron chi connectivity index (χ3n) is 6.15. The fraction of sp³-hybridized carbons (Fsp3) is 1.00. The molecule has 3 heterocycles. The zero-order valence-corrected chi connectivity index (χ0v) is 13.1. The molecular formula is C17H32N2. The highest BCUT2D eigenvalue weighted by Gasteiger charge is 2.44. The lowest BCUT2D eigenvalue weighted by molar-refractivity contribution is -0.0553. The van der Waals surface area contributed by atoms with Gasteiger partial charge in [0.15, 0.2) is 0 Å². The minimum atomic E-state index is 0.891. The molecule has 2 atom stereocenters. The highest BCUT2D eigenvalue weighted by atomic mass is 15.3. The molecule has 3 aliphatic heterocycles. The number of fused-ring (bicyclic) bond motifs is 2. The number of hydrogen-bond donors (Lipinski definition) is 0. The largest absolute Gasteiger partial charge is 0.303 e. The number of rotatable bonds is 4. The summed E-state index contributed by atoms with van der Waals surface area (Å²) in [6.07, 6.45) is 7.35. The lowest BCUT2D eigenvalue weighted by Crippen LogP contribution is -2.61. The van der Waals surface area contributed by atoms with Crippen LogP contribution >= 0.6 is 0 Å². The third kappa shape index (κ3) is 2.85. The quantitative estimate of drug-likeness (QED) is 0.769. The van der Waals surface area contributed by atoms with E-state index in [0.29, 0.717) is 0 Å². The van der Waals surface area contributed by atoms with Crippen LogP contribution in [0.5, 0.6) is 0 Å². The van der Waals surface area contributed by atoms with Crippen molar-refractivity contribution in [1.82, 2.24) is 9.80 Å². The van der Waals surface area contributed by atoms with Crippen LogP contribution in [0.3, 0.4) is 0 Å². The second-order valence-corrected chi connectivity index (χ2v) is 7.59. The molecule has 0 aromatic carbocycles. The third-order valence-corrected chi connectivity index (χ3v) is 6.15. The van der Waals surface area contributed by atoms with Crippen LogP contribution in [0.4, 0.5) is 0 Å². The first-order chi connectivity index (χ1) is 9.17. The monoisotopic (exact) mass is 264 g/mol. The predicted molar refractivity (Wildman–Crippen MR) is 81.3 cm³/mol. The average Bonchev–Trinajstić information content (AvgIpc) is 2.40. The van der Waals surface area contributed by atoms with Gasteiger partial charge in [-0.3, -0.25) is 4.90 Å². The van der Waals surface area contributed by atoms with Crippen molar-refractivity contribution in [2.75, 3.05) is 26.2 Å². The molecular weight excluding hydrogens is 232 g/mol. The summed E-state index contributed by atoms with van der Waals surface area (Å²) >= 11 is 0. The maximum atomic E-state index is 2.77. The molecule has 2 unspecified atom stereocenters. The molecule has 19 heavy (non-hydrogen) atoms. The van der Waals surface area contributed by atoms with Crippen LogP contribution in [0, 0.1) is 17.8 Å². The van der Waals surface area contributed by atoms with E-state index in [9.17, 15) is 0 Å². The Kier molecular flexibility index (Phi) is 4.19. The Bertz CT molecular complexity index is 282. The van der Waals surface area contributed by atoms with Gasteiger partial charge in [-0.25, -0.2) is 0 Å². The van der Waals surface area contributed by atoms with Gasteiger partial charge in [0.25, 0.3) is 0 Å². The van der Waals surface area contributed by atoms with Gasteiger partial charge in [0.05, 0.1) is 0 Å². The van der Waals surface area contributed by atoms with Crippen molar-refractivity contribution in [2.45, 2.75) is 65.0 Å². The molecule has 3 saturated heterocycles. The first-order valence-corrected chi connectivity index (χ1v) is 8.65. The van der Waals surface area contributed by atoms with Crippen molar-refractivity contribution in [3.8, 4) is 0 Å². The van der Waals surface area contributed by atoms with E-state index in [2.05, 4.69) is 30.6 Å². The van der Waals surface area contributed by atoms with E-state index in [1.807, 2.05) is 0 Å². The maximum absolute atomic E-state index is 2.77. The Morgan fingerprint density at radius 3 is 2.16 bits per heavy atom. The SMILES string of the molecule is CCN1C2CC(CN3CCC(C(C)C)CC3)CC1C2. The van der Waals surface area contributed by atoms with Gasteiger partial charge < -0.3 is 4.90 Å². The summed E-state index contributed by atoms with van der Waals surface area (Å²) in [5.74, 6) is 2.89. The molecule has 0 N–H and O–H groups in total. The molecule has 2 nitrogen and oxygen atoms in total. The molecule has 0 amide bonds. The molecule has 4 rings (SSSR count). The lowest BCUT2D eigenvalue weighted by atomic mass is 9.73. The van der Waals surface area contributed by atoms with Crippen LogP contribution in [-0.2, 0) is 0 Å². The van der Waals surface area contributed by atoms with Crippen molar-refractivity contribution in [2.24, 2.45) is 17.8 Å². The van der Waals surface area contributed by atoms with Gasteiger partial charge >= 0.3 is 0 Å². The first kappa shape index (κ1) is 13.9. The van der Waals surface area contributed by atoms with E-state index >= 15 is 0 Å². The van der Waals surface area contributed by atoms with Gasteiger partial charge in [0.1, 0.15) is 0 Å². The first-order valence-electron chi connectivity index (χ1n) is 8.65. The van der Waals surface area contributed by atoms with Gasteiger partial charge in [-0.2, -0.15) is 0 Å². The van der Waals surface area contributed by atoms with Crippen molar-refractivity contribution in [3.63, 3.8) is 0 Å². The second kappa shape index (κ2) is 5.73. The Labute approximate surface area is 119 Å². The van der Waals surface area contributed by atoms with E-state index in [1.165, 1.54) is 58.3 Å². The second-order valence-electron chi connectivity index (χ2n) is 7.59. The van der Waals surface area contributed by atoms with Crippen molar-refractivity contribution < 1.29 is 0 Å². The zero-order valence-electron chi connectivity index (χ0n) is 13.1. The molecule has 4 fully saturated rings. The molecule has 0 aromatic heterocycles. The summed E-state index contributed by atoms with van der Waals surface area (Å²) in [5.41, 5.74) is 0. The minimum Gasteiger partial charge on any atom is -0.303 e. The summed E-state index contributed by atoms with van der Waals surface area (Å²) < 4.78 is 0. The molecule has 1 saturated carbocycles. The van der Waals surface area contributed by atoms with Gasteiger partial charge in [-0.15, -0.1) is 0 Å². The molecule has 1 aliphatic carbocycles. The van der Waals surface area contributed by atoms with E-state index in [1.54, 1.807) is 0 Å². The lowest BCUT2D eigenvalue weighted by Gasteiger charge is -2.56. The number of nitrogens with zero attached hydrogens (tertiary/aromatic N) is 2. The Morgan fingerprint density at radius 1 is 1.00 bits per heavy atom. The number of likely N-dealkylation sites (tertiary alicyclic amines) is 1. The van der Waals surface area contributed by atoms with Crippen molar-refractivity contribution in [1.29, 1.82) is 0 Å². The molecule has 2 heteroatoms. The predicted octanol–water partition coefficient (Wildman–Crippen LogP) is 3.23. The number of piperidine rings is 2. The molecule has 110 valence electrons. The van der Waals surface area contributed by atoms with Gasteiger partial charge in [-0.05, 0) is 69.5 Å². The zero-order chi connectivity index (χ0) is 13.4. The van der Waals surface area contributed by atoms with Crippen LogP contribution in [0.2, 0.25) is 0 Å².